The van der Waals surface area contributed by atoms with Gasteiger partial charge in [0.15, 0.2) is 0 Å². The van der Waals surface area contributed by atoms with Crippen LogP contribution < -0.4 is 9.80 Å². The lowest BCUT2D eigenvalue weighted by Gasteiger charge is -2.15. The van der Waals surface area contributed by atoms with Crippen LogP contribution in [0.2, 0.25) is 0 Å². The number of anilines is 2. The third-order valence-electron chi connectivity index (χ3n) is 4.15. The molecule has 1 aromatic carbocycles. The fraction of sp³-hybridized carbons (Fsp3) is 0.312. The Morgan fingerprint density at radius 3 is 2.77 bits per heavy atom. The number of aromatic nitrogens is 2. The summed E-state index contributed by atoms with van der Waals surface area (Å²) in [5.74, 6) is 0.156. The normalized spacial score (nSPS) is 17.2. The van der Waals surface area contributed by atoms with Crippen LogP contribution in [0.5, 0.6) is 0 Å². The molecule has 1 saturated heterocycles. The molecular formula is C16H15FN4O. The first kappa shape index (κ1) is 13.2. The van der Waals surface area contributed by atoms with E-state index in [1.807, 2.05) is 0 Å². The van der Waals surface area contributed by atoms with Crippen LogP contribution in [0.15, 0.2) is 30.5 Å². The summed E-state index contributed by atoms with van der Waals surface area (Å²) in [6.45, 7) is 2.28. The van der Waals surface area contributed by atoms with E-state index >= 15 is 0 Å². The summed E-state index contributed by atoms with van der Waals surface area (Å²) in [7, 11) is 0. The van der Waals surface area contributed by atoms with Crippen molar-refractivity contribution < 1.29 is 9.18 Å². The maximum Gasteiger partial charge on any atom is 0.262 e. The fourth-order valence-electron chi connectivity index (χ4n) is 2.99. The van der Waals surface area contributed by atoms with Crippen molar-refractivity contribution in [3.63, 3.8) is 0 Å². The molecule has 1 aromatic heterocycles. The first-order valence-corrected chi connectivity index (χ1v) is 7.41. The second kappa shape index (κ2) is 5.05. The molecule has 0 spiro atoms. The highest BCUT2D eigenvalue weighted by molar-refractivity contribution is 6.09. The van der Waals surface area contributed by atoms with Gasteiger partial charge >= 0.3 is 0 Å². The number of nitrogens with zero attached hydrogens (tertiary/aromatic N) is 4. The summed E-state index contributed by atoms with van der Waals surface area (Å²) in [6, 6.07) is 6.05. The highest BCUT2D eigenvalue weighted by atomic mass is 19.1. The van der Waals surface area contributed by atoms with Crippen molar-refractivity contribution in [1.29, 1.82) is 0 Å². The summed E-state index contributed by atoms with van der Waals surface area (Å²) in [6.07, 6.45) is 3.89. The molecule has 0 unspecified atom stereocenters. The summed E-state index contributed by atoms with van der Waals surface area (Å²) in [5, 5.41) is 0. The average Bonchev–Trinajstić information content (AvgIpc) is 3.15. The van der Waals surface area contributed by atoms with Crippen LogP contribution in [-0.2, 0) is 6.54 Å². The van der Waals surface area contributed by atoms with Crippen LogP contribution in [0.4, 0.5) is 16.0 Å². The van der Waals surface area contributed by atoms with Crippen molar-refractivity contribution in [3.05, 3.63) is 47.5 Å². The van der Waals surface area contributed by atoms with Gasteiger partial charge in [-0.15, -0.1) is 0 Å². The van der Waals surface area contributed by atoms with Crippen molar-refractivity contribution in [3.8, 4) is 0 Å². The third-order valence-corrected chi connectivity index (χ3v) is 4.15. The van der Waals surface area contributed by atoms with Crippen molar-refractivity contribution in [2.24, 2.45) is 0 Å². The Morgan fingerprint density at radius 1 is 1.18 bits per heavy atom. The van der Waals surface area contributed by atoms with Crippen molar-refractivity contribution in [1.82, 2.24) is 9.97 Å². The Labute approximate surface area is 127 Å². The highest BCUT2D eigenvalue weighted by Crippen LogP contribution is 2.28. The van der Waals surface area contributed by atoms with Crippen LogP contribution in [0.1, 0.15) is 28.9 Å². The lowest BCUT2D eigenvalue weighted by atomic mass is 10.2. The first-order valence-electron chi connectivity index (χ1n) is 7.41. The molecule has 1 amide bonds. The molecule has 1 fully saturated rings. The minimum atomic E-state index is -0.356. The molecule has 4 rings (SSSR count). The van der Waals surface area contributed by atoms with E-state index in [1.165, 1.54) is 17.0 Å². The van der Waals surface area contributed by atoms with Gasteiger partial charge < -0.3 is 9.80 Å². The number of carbonyl (C=O) groups is 1. The second-order valence-electron chi connectivity index (χ2n) is 5.60. The molecule has 0 N–H and O–H groups in total. The fourth-order valence-corrected chi connectivity index (χ4v) is 2.99. The minimum Gasteiger partial charge on any atom is -0.341 e. The molecule has 112 valence electrons. The maximum absolute atomic E-state index is 13.4. The van der Waals surface area contributed by atoms with E-state index in [-0.39, 0.29) is 11.7 Å². The van der Waals surface area contributed by atoms with Crippen molar-refractivity contribution >= 4 is 17.5 Å². The minimum absolute atomic E-state index is 0.173. The Hall–Kier alpha value is -2.50. The van der Waals surface area contributed by atoms with Crippen LogP contribution >= 0.6 is 0 Å². The molecule has 0 bridgehead atoms. The average molecular weight is 298 g/mol. The number of halogens is 1. The Balaban J connectivity index is 1.66. The Bertz CT molecular complexity index is 743. The molecular weight excluding hydrogens is 283 g/mol. The van der Waals surface area contributed by atoms with Gasteiger partial charge in [-0.2, -0.15) is 0 Å². The van der Waals surface area contributed by atoms with Crippen molar-refractivity contribution in [2.45, 2.75) is 19.4 Å². The number of amides is 1. The van der Waals surface area contributed by atoms with Gasteiger partial charge in [0.05, 0.1) is 17.8 Å². The van der Waals surface area contributed by atoms with Crippen LogP contribution in [0, 0.1) is 5.82 Å². The van der Waals surface area contributed by atoms with Gasteiger partial charge in [0.25, 0.3) is 5.91 Å². The van der Waals surface area contributed by atoms with E-state index in [9.17, 15) is 9.18 Å². The van der Waals surface area contributed by atoms with Gasteiger partial charge in [-0.25, -0.2) is 14.4 Å². The van der Waals surface area contributed by atoms with E-state index < -0.39 is 0 Å². The van der Waals surface area contributed by atoms with E-state index in [0.717, 1.165) is 25.9 Å². The Morgan fingerprint density at radius 2 is 2.00 bits per heavy atom. The molecule has 3 heterocycles. The molecule has 0 saturated carbocycles. The predicted molar refractivity (Wildman–Crippen MR) is 80.4 cm³/mol. The molecule has 0 aliphatic carbocycles. The zero-order valence-corrected chi connectivity index (χ0v) is 12.0. The summed E-state index contributed by atoms with van der Waals surface area (Å²) in [4.78, 5) is 25.0. The number of rotatable bonds is 2. The monoisotopic (exact) mass is 298 g/mol. The molecule has 22 heavy (non-hydrogen) atoms. The lowest BCUT2D eigenvalue weighted by molar-refractivity contribution is 0.0996. The number of benzene rings is 1. The van der Waals surface area contributed by atoms with E-state index in [4.69, 9.17) is 0 Å². The standard InChI is InChI=1S/C16H15FN4O/c17-11-4-3-5-12(8-11)21-10-14-13(15(21)22)9-18-16(19-14)20-6-1-2-7-20/h3-5,8-9H,1-2,6-7,10H2. The number of hydrogen-bond donors (Lipinski definition) is 0. The molecule has 6 heteroatoms. The van der Waals surface area contributed by atoms with Gasteiger partial charge in [-0.05, 0) is 31.0 Å². The largest absolute Gasteiger partial charge is 0.341 e. The molecule has 2 aliphatic heterocycles. The van der Waals surface area contributed by atoms with Crippen LogP contribution in [0.25, 0.3) is 0 Å². The number of hydrogen-bond acceptors (Lipinski definition) is 4. The van der Waals surface area contributed by atoms with Crippen LogP contribution in [-0.4, -0.2) is 29.0 Å². The summed E-state index contributed by atoms with van der Waals surface area (Å²) < 4.78 is 13.4. The SMILES string of the molecule is O=C1c2cnc(N3CCCC3)nc2CN1c1cccc(F)c1. The molecule has 0 atom stereocenters. The molecule has 5 nitrogen and oxygen atoms in total. The van der Waals surface area contributed by atoms with Gasteiger partial charge in [0.1, 0.15) is 5.82 Å². The van der Waals surface area contributed by atoms with Gasteiger partial charge in [-0.1, -0.05) is 6.07 Å². The molecule has 2 aliphatic rings. The van der Waals surface area contributed by atoms with Crippen molar-refractivity contribution in [2.75, 3.05) is 22.9 Å². The van der Waals surface area contributed by atoms with Gasteiger partial charge in [0, 0.05) is 25.0 Å². The Kier molecular flexibility index (Phi) is 3.03. The smallest absolute Gasteiger partial charge is 0.262 e. The molecule has 2 aromatic rings. The van der Waals surface area contributed by atoms with Gasteiger partial charge in [0.2, 0.25) is 5.95 Å². The third kappa shape index (κ3) is 2.11. The highest BCUT2D eigenvalue weighted by Gasteiger charge is 2.31. The quantitative estimate of drug-likeness (QED) is 0.854. The zero-order chi connectivity index (χ0) is 15.1. The second-order valence-corrected chi connectivity index (χ2v) is 5.60. The van der Waals surface area contributed by atoms with E-state index in [2.05, 4.69) is 14.9 Å². The maximum atomic E-state index is 13.4. The summed E-state index contributed by atoms with van der Waals surface area (Å²) in [5.41, 5.74) is 1.77. The number of fused-ring (bicyclic) bond motifs is 1. The summed E-state index contributed by atoms with van der Waals surface area (Å²) >= 11 is 0. The lowest BCUT2D eigenvalue weighted by Crippen LogP contribution is -2.23. The number of carbonyl (C=O) groups excluding carboxylic acids is 1. The zero-order valence-electron chi connectivity index (χ0n) is 12.0. The molecule has 0 radical (unpaired) electrons. The van der Waals surface area contributed by atoms with Crippen LogP contribution in [0.3, 0.4) is 0 Å². The van der Waals surface area contributed by atoms with Gasteiger partial charge in [-0.3, -0.25) is 4.79 Å². The first-order chi connectivity index (χ1) is 10.7. The van der Waals surface area contributed by atoms with E-state index in [0.29, 0.717) is 29.4 Å². The predicted octanol–water partition coefficient (Wildman–Crippen LogP) is 2.38. The van der Waals surface area contributed by atoms with E-state index in [1.54, 1.807) is 18.3 Å². The topological polar surface area (TPSA) is 49.3 Å².